The summed E-state index contributed by atoms with van der Waals surface area (Å²) in [5.74, 6) is -1.14. The number of carbonyl (C=O) groups excluding carboxylic acids is 4. The number of hydrogen-bond acceptors (Lipinski definition) is 6. The molecule has 3 aliphatic rings. The third-order valence-electron chi connectivity index (χ3n) is 9.37. The van der Waals surface area contributed by atoms with Gasteiger partial charge in [-0.05, 0) is 73.8 Å². The van der Waals surface area contributed by atoms with Crippen LogP contribution in [0.25, 0.3) is 0 Å². The highest BCUT2D eigenvalue weighted by atomic mass is 35.5. The van der Waals surface area contributed by atoms with Crippen LogP contribution >= 0.6 is 11.6 Å². The number of carbonyl (C=O) groups is 4. The van der Waals surface area contributed by atoms with Gasteiger partial charge >= 0.3 is 5.97 Å². The molecule has 9 nitrogen and oxygen atoms in total. The lowest BCUT2D eigenvalue weighted by atomic mass is 9.87. The minimum Gasteiger partial charge on any atom is -0.443 e. The summed E-state index contributed by atoms with van der Waals surface area (Å²) in [4.78, 5) is 50.5. The van der Waals surface area contributed by atoms with Crippen LogP contribution in [-0.2, 0) is 44.5 Å². The summed E-state index contributed by atoms with van der Waals surface area (Å²) in [5.41, 5.74) is 5.89. The zero-order valence-corrected chi connectivity index (χ0v) is 30.0. The number of halogens is 1. The molecule has 2 heterocycles. The number of nitrogens with one attached hydrogen (secondary N) is 1. The summed E-state index contributed by atoms with van der Waals surface area (Å²) < 4.78 is 6.87. The highest BCUT2D eigenvalue weighted by Crippen LogP contribution is 2.59. The number of aryl methyl sites for hydroxylation is 2. The highest BCUT2D eigenvalue weighted by molar-refractivity contribution is 6.34. The third kappa shape index (κ3) is 7.88. The molecule has 3 amide bonds. The lowest BCUT2D eigenvalue weighted by molar-refractivity contribution is -0.156. The van der Waals surface area contributed by atoms with Crippen LogP contribution in [0.3, 0.4) is 0 Å². The normalized spacial score (nSPS) is 19.9. The topological polar surface area (TPSA) is 111 Å². The van der Waals surface area contributed by atoms with E-state index < -0.39 is 0 Å². The number of hydrogen-bond donors (Lipinski definition) is 1. The summed E-state index contributed by atoms with van der Waals surface area (Å²) >= 11 is 6.23. The Kier molecular flexibility index (Phi) is 10.9. The predicted octanol–water partition coefficient (Wildman–Crippen LogP) is 6.83. The molecule has 0 saturated heterocycles. The Morgan fingerprint density at radius 2 is 1.64 bits per heavy atom. The van der Waals surface area contributed by atoms with Crippen molar-refractivity contribution >= 4 is 35.3 Å². The number of amides is 3. The Morgan fingerprint density at radius 3 is 2.13 bits per heavy atom. The van der Waals surface area contributed by atoms with Crippen molar-refractivity contribution in [3.8, 4) is 0 Å². The van der Waals surface area contributed by atoms with Gasteiger partial charge in [0.25, 0.3) is 17.7 Å². The van der Waals surface area contributed by atoms with Crippen molar-refractivity contribution in [3.63, 3.8) is 0 Å². The predicted molar refractivity (Wildman–Crippen MR) is 182 cm³/mol. The number of rotatable bonds is 8. The molecule has 0 spiro atoms. The Bertz CT molecular complexity index is 1580. The van der Waals surface area contributed by atoms with Gasteiger partial charge in [-0.2, -0.15) is 5.10 Å². The molecular formula is C37H49ClN4O5. The maximum absolute atomic E-state index is 12.4. The molecule has 2 aliphatic carbocycles. The third-order valence-corrected chi connectivity index (χ3v) is 9.76. The molecule has 2 atom stereocenters. The minimum atomic E-state index is -0.326. The van der Waals surface area contributed by atoms with Crippen molar-refractivity contribution in [1.82, 2.24) is 20.0 Å². The fourth-order valence-electron chi connectivity index (χ4n) is 6.34. The van der Waals surface area contributed by atoms with Crippen molar-refractivity contribution in [2.45, 2.75) is 99.5 Å². The number of benzene rings is 1. The number of aromatic nitrogens is 2. The summed E-state index contributed by atoms with van der Waals surface area (Å²) in [6.07, 6.45) is 5.98. The summed E-state index contributed by atoms with van der Waals surface area (Å²) in [5, 5.41) is 7.62. The average Bonchev–Trinajstić information content (AvgIpc) is 3.27. The van der Waals surface area contributed by atoms with Gasteiger partial charge in [-0.15, -0.1) is 0 Å². The number of allylic oxidation sites excluding steroid dienone is 2. The molecule has 1 aliphatic heterocycles. The molecule has 1 aromatic heterocycles. The second kappa shape index (κ2) is 14.2. The summed E-state index contributed by atoms with van der Waals surface area (Å²) in [6, 6.07) is 8.30. The van der Waals surface area contributed by atoms with E-state index in [0.717, 1.165) is 29.0 Å². The van der Waals surface area contributed by atoms with Crippen LogP contribution in [0.4, 0.5) is 0 Å². The van der Waals surface area contributed by atoms with Crippen molar-refractivity contribution in [1.29, 1.82) is 0 Å². The van der Waals surface area contributed by atoms with E-state index in [-0.39, 0.29) is 53.1 Å². The fourth-order valence-corrected chi connectivity index (χ4v) is 6.72. The Hall–Kier alpha value is -3.72. The molecule has 0 radical (unpaired) electrons. The Morgan fingerprint density at radius 1 is 1.06 bits per heavy atom. The van der Waals surface area contributed by atoms with E-state index in [4.69, 9.17) is 16.3 Å². The van der Waals surface area contributed by atoms with Crippen LogP contribution < -0.4 is 5.32 Å². The van der Waals surface area contributed by atoms with E-state index in [1.807, 2.05) is 46.8 Å². The zero-order valence-electron chi connectivity index (χ0n) is 29.3. The van der Waals surface area contributed by atoms with Crippen molar-refractivity contribution in [2.24, 2.45) is 24.3 Å². The van der Waals surface area contributed by atoms with Gasteiger partial charge < -0.3 is 10.1 Å². The van der Waals surface area contributed by atoms with Crippen molar-refractivity contribution in [2.75, 3.05) is 6.73 Å². The van der Waals surface area contributed by atoms with Gasteiger partial charge in [0, 0.05) is 24.7 Å². The Labute approximate surface area is 283 Å². The number of ether oxygens (including phenoxy) is 1. The van der Waals surface area contributed by atoms with Gasteiger partial charge in [0.2, 0.25) is 0 Å². The first-order valence-corrected chi connectivity index (χ1v) is 16.9. The smallest absolute Gasteiger partial charge is 0.311 e. The van der Waals surface area contributed by atoms with Crippen molar-refractivity contribution < 1.29 is 23.9 Å². The van der Waals surface area contributed by atoms with E-state index in [2.05, 4.69) is 49.4 Å². The minimum absolute atomic E-state index is 0.126. The average molecular weight is 665 g/mol. The fraction of sp³-hybridized carbons (Fsp3) is 0.541. The van der Waals surface area contributed by atoms with Crippen LogP contribution in [0.5, 0.6) is 0 Å². The molecule has 1 aromatic carbocycles. The first kappa shape index (κ1) is 36.1. The van der Waals surface area contributed by atoms with Crippen LogP contribution in [0.1, 0.15) is 108 Å². The van der Waals surface area contributed by atoms with E-state index in [1.165, 1.54) is 11.1 Å². The van der Waals surface area contributed by atoms with Crippen LogP contribution in [-0.4, -0.2) is 45.1 Å². The Balaban J connectivity index is 0.000000213. The maximum Gasteiger partial charge on any atom is 0.311 e. The van der Waals surface area contributed by atoms with E-state index in [9.17, 15) is 19.2 Å². The number of imide groups is 1. The standard InChI is InChI=1S/C19H25NO4.C18H24ClN3O/c1-11(2)9-14-15(19(14,3)4)18(23)24-10-20-16(21)12-7-5-6-8-13(12)17(20)22;1-6-14-15(19)16(22(5)21-14)17(23)20-11-12-7-9-13(10-8-12)18(2,3)4/h9,14-15H,5-8,10H2,1-4H3;7-10H,6,11H2,1-5H3,(H,20,23). The second-order valence-electron chi connectivity index (χ2n) is 14.6. The molecule has 5 rings (SSSR count). The molecule has 2 aromatic rings. The molecule has 47 heavy (non-hydrogen) atoms. The van der Waals surface area contributed by atoms with E-state index >= 15 is 0 Å². The monoisotopic (exact) mass is 664 g/mol. The van der Waals surface area contributed by atoms with Gasteiger partial charge in [0.15, 0.2) is 6.73 Å². The first-order valence-electron chi connectivity index (χ1n) is 16.5. The molecule has 0 bridgehead atoms. The van der Waals surface area contributed by atoms with Crippen LogP contribution in [0.15, 0.2) is 47.1 Å². The quantitative estimate of drug-likeness (QED) is 0.188. The number of esters is 1. The van der Waals surface area contributed by atoms with Crippen LogP contribution in [0, 0.1) is 17.3 Å². The molecule has 254 valence electrons. The zero-order chi connectivity index (χ0) is 34.8. The SMILES string of the molecule is CC(C)=CC1C(C(=O)OCN2C(=O)C3=C(CCCC3)C2=O)C1(C)C.CCc1nn(C)c(C(=O)NCc2ccc(C(C)(C)C)cc2)c1Cl. The molecule has 1 N–H and O–H groups in total. The largest absolute Gasteiger partial charge is 0.443 e. The molecule has 1 fully saturated rings. The molecule has 1 saturated carbocycles. The van der Waals surface area contributed by atoms with Gasteiger partial charge in [0.1, 0.15) is 5.69 Å². The first-order chi connectivity index (χ1) is 22.0. The van der Waals surface area contributed by atoms with Crippen molar-refractivity contribution in [3.05, 3.63) is 74.6 Å². The molecule has 2 unspecified atom stereocenters. The maximum atomic E-state index is 12.4. The summed E-state index contributed by atoms with van der Waals surface area (Å²) in [7, 11) is 1.73. The van der Waals surface area contributed by atoms with Gasteiger partial charge in [-0.3, -0.25) is 23.9 Å². The van der Waals surface area contributed by atoms with E-state index in [0.29, 0.717) is 47.7 Å². The molecule has 10 heteroatoms. The lowest BCUT2D eigenvalue weighted by Crippen LogP contribution is -2.35. The lowest BCUT2D eigenvalue weighted by Gasteiger charge is -2.19. The van der Waals surface area contributed by atoms with Gasteiger partial charge in [0.05, 0.1) is 16.6 Å². The van der Waals surface area contributed by atoms with Gasteiger partial charge in [-0.1, -0.05) is 89.1 Å². The van der Waals surface area contributed by atoms with Crippen LogP contribution in [0.2, 0.25) is 5.02 Å². The number of nitrogens with zero attached hydrogens (tertiary/aromatic N) is 3. The second-order valence-corrected chi connectivity index (χ2v) is 15.0. The highest BCUT2D eigenvalue weighted by Gasteiger charge is 2.61. The summed E-state index contributed by atoms with van der Waals surface area (Å²) in [6.45, 7) is 16.8. The molecular weight excluding hydrogens is 616 g/mol. The van der Waals surface area contributed by atoms with Gasteiger partial charge in [-0.25, -0.2) is 4.90 Å². The van der Waals surface area contributed by atoms with E-state index in [1.54, 1.807) is 11.7 Å².